The number of nitrogens with two attached hydrogens (primary N) is 1. The molecule has 2 rings (SSSR count). The smallest absolute Gasteiger partial charge is 0.257 e. The van der Waals surface area contributed by atoms with Crippen molar-refractivity contribution in [3.05, 3.63) is 33.6 Å². The van der Waals surface area contributed by atoms with E-state index in [1.807, 2.05) is 13.0 Å². The highest BCUT2D eigenvalue weighted by atomic mass is 32.1. The molecule has 0 radical (unpaired) electrons. The minimum Gasteiger partial charge on any atom is -0.320 e. The Balaban J connectivity index is 2.12. The molecule has 0 fully saturated rings. The number of nitrogens with zero attached hydrogens (tertiary/aromatic N) is 2. The molecule has 6 heteroatoms. The molecule has 2 aromatic rings. The van der Waals surface area contributed by atoms with Crippen molar-refractivity contribution in [1.29, 1.82) is 0 Å². The second-order valence-corrected chi connectivity index (χ2v) is 4.87. The fourth-order valence-corrected chi connectivity index (χ4v) is 2.33. The third-order valence-electron chi connectivity index (χ3n) is 2.42. The van der Waals surface area contributed by atoms with E-state index in [-0.39, 0.29) is 5.91 Å². The number of hydrogen-bond donors (Lipinski definition) is 2. The number of carbonyl (C=O) groups excluding carboxylic acids is 1. The van der Waals surface area contributed by atoms with Crippen molar-refractivity contribution in [2.45, 2.75) is 6.92 Å². The summed E-state index contributed by atoms with van der Waals surface area (Å²) in [7, 11) is 1.79. The predicted octanol–water partition coefficient (Wildman–Crippen LogP) is 1.35. The molecule has 98 valence electrons. The van der Waals surface area contributed by atoms with Crippen LogP contribution in [0.4, 0.5) is 5.82 Å². The van der Waals surface area contributed by atoms with Gasteiger partial charge in [0.1, 0.15) is 5.82 Å². The van der Waals surface area contributed by atoms with E-state index in [1.165, 1.54) is 11.3 Å². The summed E-state index contributed by atoms with van der Waals surface area (Å²) in [6.07, 6.45) is 0. The average molecular weight is 274 g/mol. The maximum atomic E-state index is 12.0. The number of anilines is 1. The lowest BCUT2D eigenvalue weighted by atomic mass is 10.3. The molecule has 0 saturated carbocycles. The van der Waals surface area contributed by atoms with E-state index in [0.717, 1.165) is 10.6 Å². The number of amides is 1. The van der Waals surface area contributed by atoms with Gasteiger partial charge in [-0.3, -0.25) is 9.48 Å². The zero-order chi connectivity index (χ0) is 13.8. The first-order valence-corrected chi connectivity index (χ1v) is 6.57. The van der Waals surface area contributed by atoms with E-state index in [1.54, 1.807) is 23.2 Å². The van der Waals surface area contributed by atoms with E-state index in [4.69, 9.17) is 5.73 Å². The SMILES string of the molecule is Cc1cc(NC(=O)c2csc(C#CCN)c2)n(C)n1. The van der Waals surface area contributed by atoms with E-state index < -0.39 is 0 Å². The van der Waals surface area contributed by atoms with Crippen molar-refractivity contribution < 1.29 is 4.79 Å². The fourth-order valence-electron chi connectivity index (χ4n) is 1.58. The minimum absolute atomic E-state index is 0.167. The monoisotopic (exact) mass is 274 g/mol. The van der Waals surface area contributed by atoms with Gasteiger partial charge in [0.2, 0.25) is 0 Å². The van der Waals surface area contributed by atoms with Gasteiger partial charge in [0.25, 0.3) is 5.91 Å². The second-order valence-electron chi connectivity index (χ2n) is 3.95. The van der Waals surface area contributed by atoms with Crippen LogP contribution < -0.4 is 11.1 Å². The molecular formula is C13H14N4OS. The standard InChI is InChI=1S/C13H14N4OS/c1-9-6-12(17(2)16-9)15-13(18)10-7-11(19-8-10)4-3-5-14/h6-8H,5,14H2,1-2H3,(H,15,18). The molecule has 0 aliphatic heterocycles. The highest BCUT2D eigenvalue weighted by Crippen LogP contribution is 2.16. The van der Waals surface area contributed by atoms with Gasteiger partial charge >= 0.3 is 0 Å². The molecule has 0 aliphatic rings. The number of hydrogen-bond acceptors (Lipinski definition) is 4. The lowest BCUT2D eigenvalue weighted by molar-refractivity contribution is 0.102. The van der Waals surface area contributed by atoms with Crippen LogP contribution in [-0.2, 0) is 7.05 Å². The molecule has 5 nitrogen and oxygen atoms in total. The fraction of sp³-hybridized carbons (Fsp3) is 0.231. The molecule has 1 amide bonds. The third kappa shape index (κ3) is 3.22. The van der Waals surface area contributed by atoms with Crippen LogP contribution in [0.5, 0.6) is 0 Å². The van der Waals surface area contributed by atoms with Crippen molar-refractivity contribution >= 4 is 23.1 Å². The summed E-state index contributed by atoms with van der Waals surface area (Å²) in [5, 5.41) is 8.76. The third-order valence-corrected chi connectivity index (χ3v) is 3.26. The predicted molar refractivity (Wildman–Crippen MR) is 76.1 cm³/mol. The number of rotatable bonds is 2. The summed E-state index contributed by atoms with van der Waals surface area (Å²) < 4.78 is 1.63. The lowest BCUT2D eigenvalue weighted by Gasteiger charge is -2.02. The van der Waals surface area contributed by atoms with Crippen molar-refractivity contribution in [3.63, 3.8) is 0 Å². The molecular weight excluding hydrogens is 260 g/mol. The molecule has 0 saturated heterocycles. The highest BCUT2D eigenvalue weighted by molar-refractivity contribution is 7.10. The zero-order valence-electron chi connectivity index (χ0n) is 10.7. The van der Waals surface area contributed by atoms with Gasteiger partial charge in [0.05, 0.1) is 22.7 Å². The molecule has 2 heterocycles. The van der Waals surface area contributed by atoms with Gasteiger partial charge < -0.3 is 11.1 Å². The van der Waals surface area contributed by atoms with Gasteiger partial charge in [-0.2, -0.15) is 5.10 Å². The Kier molecular flexibility index (Phi) is 4.00. The topological polar surface area (TPSA) is 72.9 Å². The van der Waals surface area contributed by atoms with Crippen LogP contribution in [0.2, 0.25) is 0 Å². The maximum absolute atomic E-state index is 12.0. The molecule has 0 atom stereocenters. The largest absolute Gasteiger partial charge is 0.320 e. The molecule has 0 spiro atoms. The Morgan fingerprint density at radius 1 is 1.58 bits per heavy atom. The van der Waals surface area contributed by atoms with Gasteiger partial charge in [-0.05, 0) is 13.0 Å². The van der Waals surface area contributed by atoms with E-state index >= 15 is 0 Å². The van der Waals surface area contributed by atoms with Crippen LogP contribution >= 0.6 is 11.3 Å². The van der Waals surface area contributed by atoms with Crippen molar-refractivity contribution in [3.8, 4) is 11.8 Å². The Bertz CT molecular complexity index is 660. The molecule has 0 unspecified atom stereocenters. The Morgan fingerprint density at radius 3 is 3.00 bits per heavy atom. The summed E-state index contributed by atoms with van der Waals surface area (Å²) in [5.41, 5.74) is 6.75. The van der Waals surface area contributed by atoms with Gasteiger partial charge in [0.15, 0.2) is 0 Å². The van der Waals surface area contributed by atoms with Crippen LogP contribution in [0.15, 0.2) is 17.5 Å². The van der Waals surface area contributed by atoms with Gasteiger partial charge in [-0.1, -0.05) is 11.8 Å². The van der Waals surface area contributed by atoms with Gasteiger partial charge in [0, 0.05) is 18.5 Å². The second kappa shape index (κ2) is 5.69. The molecule has 0 aromatic carbocycles. The summed E-state index contributed by atoms with van der Waals surface area (Å²) in [6.45, 7) is 2.19. The van der Waals surface area contributed by atoms with Crippen LogP contribution in [0.1, 0.15) is 20.9 Å². The van der Waals surface area contributed by atoms with E-state index in [9.17, 15) is 4.79 Å². The summed E-state index contributed by atoms with van der Waals surface area (Å²) in [6, 6.07) is 3.57. The average Bonchev–Trinajstić information content (AvgIpc) is 2.94. The summed E-state index contributed by atoms with van der Waals surface area (Å²) >= 11 is 1.43. The number of aromatic nitrogens is 2. The minimum atomic E-state index is -0.167. The quantitative estimate of drug-likeness (QED) is 0.812. The van der Waals surface area contributed by atoms with Gasteiger partial charge in [-0.25, -0.2) is 0 Å². The molecule has 19 heavy (non-hydrogen) atoms. The van der Waals surface area contributed by atoms with Crippen molar-refractivity contribution in [1.82, 2.24) is 9.78 Å². The number of carbonyl (C=O) groups is 1. The van der Waals surface area contributed by atoms with E-state index in [0.29, 0.717) is 17.9 Å². The van der Waals surface area contributed by atoms with Crippen LogP contribution in [0, 0.1) is 18.8 Å². The molecule has 0 bridgehead atoms. The first kappa shape index (κ1) is 13.3. The number of nitrogens with one attached hydrogen (secondary N) is 1. The van der Waals surface area contributed by atoms with Crippen molar-refractivity contribution in [2.24, 2.45) is 12.8 Å². The van der Waals surface area contributed by atoms with Crippen LogP contribution in [-0.4, -0.2) is 22.2 Å². The first-order valence-electron chi connectivity index (χ1n) is 5.69. The molecule has 2 aromatic heterocycles. The molecule has 0 aliphatic carbocycles. The zero-order valence-corrected chi connectivity index (χ0v) is 11.5. The lowest BCUT2D eigenvalue weighted by Crippen LogP contribution is -2.13. The Hall–Kier alpha value is -2.10. The maximum Gasteiger partial charge on any atom is 0.257 e. The summed E-state index contributed by atoms with van der Waals surface area (Å²) in [4.78, 5) is 12.9. The van der Waals surface area contributed by atoms with Crippen LogP contribution in [0.3, 0.4) is 0 Å². The van der Waals surface area contributed by atoms with E-state index in [2.05, 4.69) is 22.3 Å². The molecule has 3 N–H and O–H groups in total. The van der Waals surface area contributed by atoms with Gasteiger partial charge in [-0.15, -0.1) is 11.3 Å². The number of aryl methyl sites for hydroxylation is 2. The highest BCUT2D eigenvalue weighted by Gasteiger charge is 2.11. The number of thiophene rings is 1. The Morgan fingerprint density at radius 2 is 2.37 bits per heavy atom. The summed E-state index contributed by atoms with van der Waals surface area (Å²) in [5.74, 6) is 6.17. The normalized spacial score (nSPS) is 9.84. The van der Waals surface area contributed by atoms with Crippen molar-refractivity contribution in [2.75, 3.05) is 11.9 Å². The first-order chi connectivity index (χ1) is 9.10. The Labute approximate surface area is 115 Å². The van der Waals surface area contributed by atoms with Crippen LogP contribution in [0.25, 0.3) is 0 Å².